The molecule has 2 aliphatic carbocycles. The number of anilines is 1. The van der Waals surface area contributed by atoms with Crippen molar-refractivity contribution in [3.8, 4) is 0 Å². The summed E-state index contributed by atoms with van der Waals surface area (Å²) >= 11 is 0. The van der Waals surface area contributed by atoms with Gasteiger partial charge in [0.1, 0.15) is 0 Å². The predicted molar refractivity (Wildman–Crippen MR) is 121 cm³/mol. The summed E-state index contributed by atoms with van der Waals surface area (Å²) in [5, 5.41) is 2.28. The molecule has 1 aromatic carbocycles. The van der Waals surface area contributed by atoms with Crippen molar-refractivity contribution in [3.05, 3.63) is 23.8 Å². The third-order valence-electron chi connectivity index (χ3n) is 6.94. The van der Waals surface area contributed by atoms with Crippen LogP contribution in [0, 0.1) is 5.92 Å². The van der Waals surface area contributed by atoms with E-state index in [4.69, 9.17) is 0 Å². The monoisotopic (exact) mass is 446 g/mol. The van der Waals surface area contributed by atoms with Gasteiger partial charge >= 0.3 is 0 Å². The first kappa shape index (κ1) is 22.3. The molecule has 1 aromatic rings. The van der Waals surface area contributed by atoms with Crippen molar-refractivity contribution in [3.63, 3.8) is 0 Å². The van der Waals surface area contributed by atoms with E-state index >= 15 is 0 Å². The van der Waals surface area contributed by atoms with Gasteiger partial charge in [0.25, 0.3) is 0 Å². The van der Waals surface area contributed by atoms with E-state index in [2.05, 4.69) is 5.32 Å². The number of carbonyl (C=O) groups is 2. The number of nitrogens with zero attached hydrogens (tertiary/aromatic N) is 1. The molecule has 1 N–H and O–H groups in total. The Morgan fingerprint density at radius 3 is 2.42 bits per heavy atom. The van der Waals surface area contributed by atoms with Crippen LogP contribution in [0.1, 0.15) is 76.7 Å². The number of carbonyl (C=O) groups excluding carboxylic acids is 2. The van der Waals surface area contributed by atoms with Crippen molar-refractivity contribution in [1.29, 1.82) is 0 Å². The van der Waals surface area contributed by atoms with Gasteiger partial charge in [-0.15, -0.1) is 0 Å². The van der Waals surface area contributed by atoms with Crippen LogP contribution in [0.15, 0.2) is 23.1 Å². The van der Waals surface area contributed by atoms with Crippen LogP contribution in [0.25, 0.3) is 0 Å². The molecule has 170 valence electrons. The predicted octanol–water partition coefficient (Wildman–Crippen LogP) is 3.77. The van der Waals surface area contributed by atoms with E-state index in [0.29, 0.717) is 13.0 Å². The summed E-state index contributed by atoms with van der Waals surface area (Å²) in [6.07, 6.45) is 10.4. The molecule has 3 aliphatic rings. The van der Waals surface area contributed by atoms with Crippen molar-refractivity contribution in [2.45, 2.75) is 93.7 Å². The number of sulfone groups is 1. The molecule has 2 fully saturated rings. The van der Waals surface area contributed by atoms with Crippen LogP contribution >= 0.6 is 0 Å². The summed E-state index contributed by atoms with van der Waals surface area (Å²) < 4.78 is 26.3. The number of hydrogen-bond donors (Lipinski definition) is 1. The van der Waals surface area contributed by atoms with Crippen LogP contribution in [0.2, 0.25) is 0 Å². The van der Waals surface area contributed by atoms with Gasteiger partial charge in [-0.2, -0.15) is 0 Å². The first-order chi connectivity index (χ1) is 14.9. The Labute approximate surface area is 185 Å². The van der Waals surface area contributed by atoms with Crippen LogP contribution in [0.4, 0.5) is 5.69 Å². The zero-order valence-corrected chi connectivity index (χ0v) is 19.3. The summed E-state index contributed by atoms with van der Waals surface area (Å²) in [5.74, 6) is 0.128. The maximum absolute atomic E-state index is 13.1. The molecule has 4 rings (SSSR count). The highest BCUT2D eigenvalue weighted by Gasteiger charge is 2.37. The molecule has 1 aliphatic heterocycles. The lowest BCUT2D eigenvalue weighted by atomic mass is 9.96. The van der Waals surface area contributed by atoms with Gasteiger partial charge in [-0.05, 0) is 62.8 Å². The van der Waals surface area contributed by atoms with Gasteiger partial charge in [0.15, 0.2) is 9.84 Å². The van der Waals surface area contributed by atoms with Crippen molar-refractivity contribution >= 4 is 27.3 Å². The Hall–Kier alpha value is -1.89. The molecule has 0 saturated heterocycles. The fourth-order valence-electron chi connectivity index (χ4n) is 4.82. The van der Waals surface area contributed by atoms with Gasteiger partial charge in [0.2, 0.25) is 11.8 Å². The van der Waals surface area contributed by atoms with Crippen molar-refractivity contribution in [2.24, 2.45) is 5.92 Å². The van der Waals surface area contributed by atoms with Crippen LogP contribution in [-0.2, 0) is 25.8 Å². The maximum Gasteiger partial charge on any atom is 0.230 e. The second-order valence-corrected chi connectivity index (χ2v) is 11.8. The molecule has 31 heavy (non-hydrogen) atoms. The molecule has 2 amide bonds. The Kier molecular flexibility index (Phi) is 6.70. The second kappa shape index (κ2) is 9.31. The van der Waals surface area contributed by atoms with E-state index in [1.165, 1.54) is 19.3 Å². The average Bonchev–Trinajstić information content (AvgIpc) is 3.48. The Morgan fingerprint density at radius 2 is 1.74 bits per heavy atom. The number of amides is 2. The van der Waals surface area contributed by atoms with E-state index in [0.717, 1.165) is 49.8 Å². The lowest BCUT2D eigenvalue weighted by molar-refractivity contribution is -0.122. The van der Waals surface area contributed by atoms with E-state index in [-0.39, 0.29) is 35.1 Å². The summed E-state index contributed by atoms with van der Waals surface area (Å²) in [5.41, 5.74) is 1.74. The van der Waals surface area contributed by atoms with Crippen molar-refractivity contribution < 1.29 is 18.0 Å². The molecular formula is C24H34N2O4S. The Balaban J connectivity index is 1.39. The smallest absolute Gasteiger partial charge is 0.230 e. The summed E-state index contributed by atoms with van der Waals surface area (Å²) in [6, 6.07) is 5.22. The number of benzene rings is 1. The quantitative estimate of drug-likeness (QED) is 0.721. The Morgan fingerprint density at radius 1 is 1.06 bits per heavy atom. The second-order valence-electron chi connectivity index (χ2n) is 9.47. The molecule has 0 radical (unpaired) electrons. The summed E-state index contributed by atoms with van der Waals surface area (Å²) in [6.45, 7) is 2.23. The number of rotatable bonds is 6. The third-order valence-corrected chi connectivity index (χ3v) is 9.08. The van der Waals surface area contributed by atoms with E-state index in [1.807, 2.05) is 0 Å². The SMILES string of the molecule is CC(CC(=O)NC1CCCCCCC1)S(=O)(=O)c1ccc2c(c1)CCN2C(=O)C1CC1. The van der Waals surface area contributed by atoms with Gasteiger partial charge in [-0.1, -0.05) is 32.1 Å². The molecule has 0 spiro atoms. The molecule has 6 nitrogen and oxygen atoms in total. The first-order valence-corrected chi connectivity index (χ1v) is 13.4. The maximum atomic E-state index is 13.1. The van der Waals surface area contributed by atoms with Crippen molar-refractivity contribution in [1.82, 2.24) is 5.32 Å². The molecule has 1 heterocycles. The standard InChI is InChI=1S/C24H34N2O4S/c1-17(15-23(27)25-20-7-5-3-2-4-6-8-20)31(29,30)21-11-12-22-19(16-21)13-14-26(22)24(28)18-9-10-18/h11-12,16-18,20H,2-10,13-15H2,1H3,(H,25,27). The van der Waals surface area contributed by atoms with Gasteiger partial charge in [0, 0.05) is 30.6 Å². The fourth-order valence-corrected chi connectivity index (χ4v) is 6.22. The minimum Gasteiger partial charge on any atom is -0.353 e. The topological polar surface area (TPSA) is 83.6 Å². The molecule has 1 atom stereocenters. The van der Waals surface area contributed by atoms with Crippen LogP contribution < -0.4 is 10.2 Å². The highest BCUT2D eigenvalue weighted by molar-refractivity contribution is 7.92. The summed E-state index contributed by atoms with van der Waals surface area (Å²) in [4.78, 5) is 27.1. The van der Waals surface area contributed by atoms with Gasteiger partial charge in [0.05, 0.1) is 10.1 Å². The van der Waals surface area contributed by atoms with E-state index in [9.17, 15) is 18.0 Å². The zero-order chi connectivity index (χ0) is 22.0. The Bertz CT molecular complexity index is 931. The van der Waals surface area contributed by atoms with Gasteiger partial charge < -0.3 is 10.2 Å². The largest absolute Gasteiger partial charge is 0.353 e. The fraction of sp³-hybridized carbons (Fsp3) is 0.667. The minimum atomic E-state index is -3.62. The summed E-state index contributed by atoms with van der Waals surface area (Å²) in [7, 11) is -3.62. The van der Waals surface area contributed by atoms with Gasteiger partial charge in [-0.3, -0.25) is 9.59 Å². The van der Waals surface area contributed by atoms with E-state index < -0.39 is 15.1 Å². The molecule has 0 aromatic heterocycles. The van der Waals surface area contributed by atoms with Crippen LogP contribution in [0.3, 0.4) is 0 Å². The van der Waals surface area contributed by atoms with E-state index in [1.54, 1.807) is 30.0 Å². The third kappa shape index (κ3) is 5.13. The minimum absolute atomic E-state index is 0.0256. The zero-order valence-electron chi connectivity index (χ0n) is 18.4. The van der Waals surface area contributed by atoms with Crippen LogP contribution in [-0.4, -0.2) is 38.1 Å². The molecule has 1 unspecified atom stereocenters. The first-order valence-electron chi connectivity index (χ1n) is 11.8. The molecule has 2 saturated carbocycles. The average molecular weight is 447 g/mol. The lowest BCUT2D eigenvalue weighted by Crippen LogP contribution is -2.37. The highest BCUT2D eigenvalue weighted by Crippen LogP contribution is 2.37. The molecular weight excluding hydrogens is 412 g/mol. The van der Waals surface area contributed by atoms with Crippen LogP contribution in [0.5, 0.6) is 0 Å². The number of nitrogens with one attached hydrogen (secondary N) is 1. The van der Waals surface area contributed by atoms with Gasteiger partial charge in [-0.25, -0.2) is 8.42 Å². The lowest BCUT2D eigenvalue weighted by Gasteiger charge is -2.22. The number of hydrogen-bond acceptors (Lipinski definition) is 4. The normalized spacial score (nSPS) is 21.1. The molecule has 0 bridgehead atoms. The molecule has 7 heteroatoms. The number of fused-ring (bicyclic) bond motifs is 1. The van der Waals surface area contributed by atoms with Crippen molar-refractivity contribution in [2.75, 3.05) is 11.4 Å². The highest BCUT2D eigenvalue weighted by atomic mass is 32.2.